The van der Waals surface area contributed by atoms with Gasteiger partial charge in [0, 0.05) is 6.54 Å². The van der Waals surface area contributed by atoms with Crippen LogP contribution < -0.4 is 20.1 Å². The Morgan fingerprint density at radius 2 is 1.59 bits per heavy atom. The van der Waals surface area contributed by atoms with Crippen molar-refractivity contribution in [3.8, 4) is 11.5 Å². The Morgan fingerprint density at radius 3 is 2.31 bits per heavy atom. The maximum Gasteiger partial charge on any atom is 0.171 e. The van der Waals surface area contributed by atoms with Crippen LogP contribution in [0.3, 0.4) is 0 Å². The summed E-state index contributed by atoms with van der Waals surface area (Å²) in [5.74, 6) is 1.27. The Balaban J connectivity index is 1.47. The minimum absolute atomic E-state index is 0.251. The molecule has 0 heterocycles. The summed E-state index contributed by atoms with van der Waals surface area (Å²) in [5.41, 5.74) is 2.82. The maximum absolute atomic E-state index is 12.9. The predicted octanol–water partition coefficient (Wildman–Crippen LogP) is 5.29. The number of thiocarbonyl (C=S) groups is 1. The van der Waals surface area contributed by atoms with Crippen LogP contribution in [-0.4, -0.2) is 11.7 Å². The SMILES string of the molecule is CCOc1ccccc1NC(=S)NCc1ccc(OCc2ccc(F)cc2)cc1. The second-order valence-electron chi connectivity index (χ2n) is 6.30. The van der Waals surface area contributed by atoms with Gasteiger partial charge in [-0.3, -0.25) is 0 Å². The van der Waals surface area contributed by atoms with E-state index in [-0.39, 0.29) is 5.82 Å². The normalized spacial score (nSPS) is 10.3. The molecule has 3 rings (SSSR count). The summed E-state index contributed by atoms with van der Waals surface area (Å²) in [6, 6.07) is 21.7. The first-order valence-electron chi connectivity index (χ1n) is 9.37. The lowest BCUT2D eigenvalue weighted by atomic mass is 10.2. The van der Waals surface area contributed by atoms with Crippen molar-refractivity contribution in [1.29, 1.82) is 0 Å². The van der Waals surface area contributed by atoms with Crippen molar-refractivity contribution in [3.05, 3.63) is 89.7 Å². The number of nitrogens with one attached hydrogen (secondary N) is 2. The van der Waals surface area contributed by atoms with Gasteiger partial charge >= 0.3 is 0 Å². The predicted molar refractivity (Wildman–Crippen MR) is 118 cm³/mol. The summed E-state index contributed by atoms with van der Waals surface area (Å²) < 4.78 is 24.3. The van der Waals surface area contributed by atoms with E-state index in [9.17, 15) is 4.39 Å². The second-order valence-corrected chi connectivity index (χ2v) is 6.70. The van der Waals surface area contributed by atoms with E-state index in [1.165, 1.54) is 12.1 Å². The monoisotopic (exact) mass is 410 g/mol. The van der Waals surface area contributed by atoms with Gasteiger partial charge in [0.2, 0.25) is 0 Å². The van der Waals surface area contributed by atoms with Gasteiger partial charge in [0.15, 0.2) is 5.11 Å². The zero-order valence-corrected chi connectivity index (χ0v) is 17.0. The van der Waals surface area contributed by atoms with Crippen molar-refractivity contribution in [2.24, 2.45) is 0 Å². The molecule has 0 spiro atoms. The van der Waals surface area contributed by atoms with E-state index in [0.29, 0.717) is 24.9 Å². The van der Waals surface area contributed by atoms with Gasteiger partial charge in [0.05, 0.1) is 12.3 Å². The van der Waals surface area contributed by atoms with E-state index in [2.05, 4.69) is 10.6 Å². The molecular formula is C23H23FN2O2S. The van der Waals surface area contributed by atoms with Gasteiger partial charge in [-0.1, -0.05) is 36.4 Å². The van der Waals surface area contributed by atoms with Gasteiger partial charge in [-0.25, -0.2) is 4.39 Å². The van der Waals surface area contributed by atoms with Crippen molar-refractivity contribution in [2.75, 3.05) is 11.9 Å². The highest BCUT2D eigenvalue weighted by molar-refractivity contribution is 7.80. The molecule has 0 amide bonds. The Bertz CT molecular complexity index is 930. The highest BCUT2D eigenvalue weighted by atomic mass is 32.1. The molecular weight excluding hydrogens is 387 g/mol. The first-order valence-corrected chi connectivity index (χ1v) is 9.77. The van der Waals surface area contributed by atoms with E-state index in [4.69, 9.17) is 21.7 Å². The summed E-state index contributed by atoms with van der Waals surface area (Å²) >= 11 is 5.38. The topological polar surface area (TPSA) is 42.5 Å². The summed E-state index contributed by atoms with van der Waals surface area (Å²) in [6.45, 7) is 3.51. The third-order valence-electron chi connectivity index (χ3n) is 4.13. The first-order chi connectivity index (χ1) is 14.1. The summed E-state index contributed by atoms with van der Waals surface area (Å²) in [6.07, 6.45) is 0. The maximum atomic E-state index is 12.9. The fourth-order valence-corrected chi connectivity index (χ4v) is 2.83. The lowest BCUT2D eigenvalue weighted by Crippen LogP contribution is -2.28. The van der Waals surface area contributed by atoms with Crippen LogP contribution in [0.5, 0.6) is 11.5 Å². The molecule has 150 valence electrons. The van der Waals surface area contributed by atoms with Crippen LogP contribution in [0.25, 0.3) is 0 Å². The highest BCUT2D eigenvalue weighted by Gasteiger charge is 2.05. The van der Waals surface area contributed by atoms with Crippen molar-refractivity contribution < 1.29 is 13.9 Å². The van der Waals surface area contributed by atoms with Crippen LogP contribution in [-0.2, 0) is 13.2 Å². The molecule has 0 saturated carbocycles. The average molecular weight is 411 g/mol. The van der Waals surface area contributed by atoms with Crippen molar-refractivity contribution in [2.45, 2.75) is 20.1 Å². The number of halogens is 1. The number of para-hydroxylation sites is 2. The summed E-state index contributed by atoms with van der Waals surface area (Å²) in [4.78, 5) is 0. The molecule has 0 unspecified atom stereocenters. The molecule has 0 aromatic heterocycles. The van der Waals surface area contributed by atoms with Gasteiger partial charge in [-0.15, -0.1) is 0 Å². The molecule has 0 bridgehead atoms. The van der Waals surface area contributed by atoms with Crippen molar-refractivity contribution >= 4 is 23.0 Å². The Labute approximate surface area is 175 Å². The van der Waals surface area contributed by atoms with Crippen LogP contribution in [0.4, 0.5) is 10.1 Å². The number of benzene rings is 3. The molecule has 6 heteroatoms. The highest BCUT2D eigenvalue weighted by Crippen LogP contribution is 2.23. The first kappa shape index (κ1) is 20.6. The summed E-state index contributed by atoms with van der Waals surface area (Å²) in [7, 11) is 0. The molecule has 0 fully saturated rings. The lowest BCUT2D eigenvalue weighted by molar-refractivity contribution is 0.306. The van der Waals surface area contributed by atoms with Crippen LogP contribution in [0.1, 0.15) is 18.1 Å². The van der Waals surface area contributed by atoms with Gasteiger partial charge in [-0.05, 0) is 66.7 Å². The molecule has 2 N–H and O–H groups in total. The summed E-state index contributed by atoms with van der Waals surface area (Å²) in [5, 5.41) is 6.87. The molecule has 0 radical (unpaired) electrons. The van der Waals surface area contributed by atoms with Crippen molar-refractivity contribution in [1.82, 2.24) is 5.32 Å². The quantitative estimate of drug-likeness (QED) is 0.494. The molecule has 0 aliphatic carbocycles. The van der Waals surface area contributed by atoms with E-state index >= 15 is 0 Å². The molecule has 29 heavy (non-hydrogen) atoms. The van der Waals surface area contributed by atoms with Crippen molar-refractivity contribution in [3.63, 3.8) is 0 Å². The zero-order valence-electron chi connectivity index (χ0n) is 16.2. The van der Waals surface area contributed by atoms with Gasteiger partial charge in [-0.2, -0.15) is 0 Å². The largest absolute Gasteiger partial charge is 0.492 e. The van der Waals surface area contributed by atoms with E-state index in [0.717, 1.165) is 28.3 Å². The molecule has 0 saturated heterocycles. The number of anilines is 1. The molecule has 3 aromatic carbocycles. The third-order valence-corrected chi connectivity index (χ3v) is 4.38. The molecule has 0 aliphatic rings. The number of ether oxygens (including phenoxy) is 2. The molecule has 3 aromatic rings. The van der Waals surface area contributed by atoms with Crippen LogP contribution >= 0.6 is 12.2 Å². The molecule has 0 aliphatic heterocycles. The number of hydrogen-bond donors (Lipinski definition) is 2. The fraction of sp³-hybridized carbons (Fsp3) is 0.174. The van der Waals surface area contributed by atoms with Crippen LogP contribution in [0, 0.1) is 5.82 Å². The minimum atomic E-state index is -0.251. The smallest absolute Gasteiger partial charge is 0.171 e. The van der Waals surface area contributed by atoms with Crippen LogP contribution in [0.15, 0.2) is 72.8 Å². The van der Waals surface area contributed by atoms with Gasteiger partial charge in [0.1, 0.15) is 23.9 Å². The Hall–Kier alpha value is -3.12. The number of rotatable bonds is 8. The fourth-order valence-electron chi connectivity index (χ4n) is 2.65. The second kappa shape index (κ2) is 10.4. The number of hydrogen-bond acceptors (Lipinski definition) is 3. The Kier molecular flexibility index (Phi) is 7.41. The molecule has 0 atom stereocenters. The van der Waals surface area contributed by atoms with Gasteiger partial charge < -0.3 is 20.1 Å². The Morgan fingerprint density at radius 1 is 0.897 bits per heavy atom. The standard InChI is InChI=1S/C23H23FN2O2S/c1-2-27-22-6-4-3-5-21(22)26-23(29)25-15-17-9-13-20(14-10-17)28-16-18-7-11-19(24)12-8-18/h3-14H,2,15-16H2,1H3,(H2,25,26,29). The molecule has 4 nitrogen and oxygen atoms in total. The average Bonchev–Trinajstić information content (AvgIpc) is 2.74. The lowest BCUT2D eigenvalue weighted by Gasteiger charge is -2.14. The zero-order chi connectivity index (χ0) is 20.5. The van der Waals surface area contributed by atoms with E-state index in [1.54, 1.807) is 12.1 Å². The van der Waals surface area contributed by atoms with Gasteiger partial charge in [0.25, 0.3) is 0 Å². The third kappa shape index (κ3) is 6.47. The minimum Gasteiger partial charge on any atom is -0.492 e. The van der Waals surface area contributed by atoms with E-state index < -0.39 is 0 Å². The van der Waals surface area contributed by atoms with E-state index in [1.807, 2.05) is 55.5 Å². The van der Waals surface area contributed by atoms with Crippen LogP contribution in [0.2, 0.25) is 0 Å².